The lowest BCUT2D eigenvalue weighted by Crippen LogP contribution is -2.56. The van der Waals surface area contributed by atoms with E-state index in [0.717, 1.165) is 18.2 Å². The summed E-state index contributed by atoms with van der Waals surface area (Å²) in [4.78, 5) is 60.2. The van der Waals surface area contributed by atoms with Crippen LogP contribution in [0.5, 0.6) is 0 Å². The molecule has 2 aliphatic heterocycles. The monoisotopic (exact) mass is 598 g/mol. The average molecular weight is 599 g/mol. The number of esters is 1. The molecular weight excluding hydrogens is 556 g/mol. The second kappa shape index (κ2) is 14.1. The molecule has 3 amide bonds. The van der Waals surface area contributed by atoms with Crippen LogP contribution in [0.2, 0.25) is 0 Å². The molecule has 1 spiro atoms. The smallest absolute Gasteiger partial charge is 0.414 e. The van der Waals surface area contributed by atoms with Gasteiger partial charge in [0.1, 0.15) is 35.2 Å². The van der Waals surface area contributed by atoms with Crippen LogP contribution in [0, 0.1) is 5.92 Å². The van der Waals surface area contributed by atoms with Crippen LogP contribution in [0.15, 0.2) is 11.6 Å². The maximum Gasteiger partial charge on any atom is 0.414 e. The number of allylic oxidation sites excluding steroid dienone is 1. The van der Waals surface area contributed by atoms with Gasteiger partial charge in [-0.1, -0.05) is 11.6 Å². The van der Waals surface area contributed by atoms with Gasteiger partial charge < -0.3 is 33.8 Å². The molecule has 0 bridgehead atoms. The van der Waals surface area contributed by atoms with Crippen molar-refractivity contribution < 1.29 is 47.7 Å². The molecule has 2 saturated heterocycles. The van der Waals surface area contributed by atoms with E-state index >= 15 is 0 Å². The third-order valence-electron chi connectivity index (χ3n) is 7.78. The normalized spacial score (nSPS) is 30.5. The van der Waals surface area contributed by atoms with Crippen LogP contribution in [0.1, 0.15) is 59.8 Å². The number of Topliss-reactive ketones (excluding diaryl/α,β-unsaturated/α-hetero) is 1. The molecular formula is C28H42N2O10S. The van der Waals surface area contributed by atoms with Crippen LogP contribution < -0.4 is 10.6 Å². The summed E-state index contributed by atoms with van der Waals surface area (Å²) in [5, 5.41) is 4.73. The zero-order valence-corrected chi connectivity index (χ0v) is 25.4. The summed E-state index contributed by atoms with van der Waals surface area (Å²) in [6, 6.07) is -1.01. The van der Waals surface area contributed by atoms with Crippen molar-refractivity contribution in [3.63, 3.8) is 0 Å². The molecule has 12 nitrogen and oxygen atoms in total. The van der Waals surface area contributed by atoms with E-state index in [2.05, 4.69) is 16.7 Å². The maximum absolute atomic E-state index is 12.7. The molecule has 0 aromatic rings. The molecule has 1 aliphatic carbocycles. The Morgan fingerprint density at radius 1 is 1.10 bits per heavy atom. The van der Waals surface area contributed by atoms with Gasteiger partial charge in [-0.2, -0.15) is 0 Å². The number of hydrogen-bond donors (Lipinski definition) is 2. The van der Waals surface area contributed by atoms with Crippen LogP contribution in [0.25, 0.3) is 0 Å². The lowest BCUT2D eigenvalue weighted by atomic mass is 9.68. The Bertz CT molecular complexity index is 1040. The fourth-order valence-corrected chi connectivity index (χ4v) is 6.35. The van der Waals surface area contributed by atoms with Crippen molar-refractivity contribution in [1.29, 1.82) is 0 Å². The van der Waals surface area contributed by atoms with E-state index in [1.807, 2.05) is 20.8 Å². The summed E-state index contributed by atoms with van der Waals surface area (Å²) in [6.07, 6.45) is 2.17. The molecule has 3 fully saturated rings. The van der Waals surface area contributed by atoms with Gasteiger partial charge in [-0.3, -0.25) is 14.9 Å². The number of thioether (sulfide) groups is 1. The Morgan fingerprint density at radius 3 is 2.39 bits per heavy atom. The lowest BCUT2D eigenvalue weighted by Gasteiger charge is -2.42. The fourth-order valence-electron chi connectivity index (χ4n) is 5.52. The highest BCUT2D eigenvalue weighted by atomic mass is 32.2. The Hall–Kier alpha value is -2.48. The van der Waals surface area contributed by atoms with E-state index in [4.69, 9.17) is 23.7 Å². The topological polar surface area (TPSA) is 162 Å². The number of imide groups is 1. The van der Waals surface area contributed by atoms with Gasteiger partial charge in [-0.05, 0) is 47.0 Å². The lowest BCUT2D eigenvalue weighted by molar-refractivity contribution is -0.144. The van der Waals surface area contributed by atoms with Crippen molar-refractivity contribution in [2.24, 2.45) is 5.92 Å². The highest BCUT2D eigenvalue weighted by Crippen LogP contribution is 2.59. The number of nitrogens with one attached hydrogen (secondary N) is 2. The van der Waals surface area contributed by atoms with Gasteiger partial charge in [-0.25, -0.2) is 9.59 Å². The SMILES string of the molecule is COC(=O)[C@H](CSCC(=O)NC(=O)O[C@@H]1CC[C@]2(CO2)[C@@H](C2(C)O[C@@H]2CC=C(C)C)[C@@H]1OC)NC(=O)CCC(C)=O. The minimum Gasteiger partial charge on any atom is -0.467 e. The summed E-state index contributed by atoms with van der Waals surface area (Å²) < 4.78 is 28.3. The number of methoxy groups -OCH3 is 2. The molecule has 3 rings (SSSR count). The van der Waals surface area contributed by atoms with Gasteiger partial charge in [-0.15, -0.1) is 11.8 Å². The number of carbonyl (C=O) groups is 5. The van der Waals surface area contributed by atoms with Crippen molar-refractivity contribution in [1.82, 2.24) is 10.6 Å². The van der Waals surface area contributed by atoms with Gasteiger partial charge in [0.2, 0.25) is 11.8 Å². The summed E-state index contributed by atoms with van der Waals surface area (Å²) in [7, 11) is 2.76. The zero-order chi connectivity index (χ0) is 30.4. The molecule has 7 atom stereocenters. The minimum absolute atomic E-state index is 0.0139. The first-order valence-corrected chi connectivity index (χ1v) is 14.9. The second-order valence-electron chi connectivity index (χ2n) is 11.2. The van der Waals surface area contributed by atoms with Crippen molar-refractivity contribution in [3.05, 3.63) is 11.6 Å². The number of carbonyl (C=O) groups excluding carboxylic acids is 5. The molecule has 2 heterocycles. The van der Waals surface area contributed by atoms with Crippen molar-refractivity contribution in [2.45, 2.75) is 95.4 Å². The van der Waals surface area contributed by atoms with Crippen LogP contribution in [0.3, 0.4) is 0 Å². The van der Waals surface area contributed by atoms with Gasteiger partial charge in [0.25, 0.3) is 0 Å². The molecule has 13 heteroatoms. The third kappa shape index (κ3) is 8.76. The Kier molecular flexibility index (Phi) is 11.4. The third-order valence-corrected chi connectivity index (χ3v) is 8.82. The van der Waals surface area contributed by atoms with E-state index in [1.165, 1.54) is 19.6 Å². The highest BCUT2D eigenvalue weighted by Gasteiger charge is 2.72. The fraction of sp³-hybridized carbons (Fsp3) is 0.750. The quantitative estimate of drug-likeness (QED) is 0.171. The summed E-state index contributed by atoms with van der Waals surface area (Å²) in [6.45, 7) is 8.10. The van der Waals surface area contributed by atoms with E-state index in [9.17, 15) is 24.0 Å². The van der Waals surface area contributed by atoms with E-state index < -0.39 is 47.7 Å². The second-order valence-corrected chi connectivity index (χ2v) is 12.3. The van der Waals surface area contributed by atoms with Gasteiger partial charge in [0.05, 0.1) is 31.5 Å². The van der Waals surface area contributed by atoms with Crippen molar-refractivity contribution >= 4 is 41.4 Å². The largest absolute Gasteiger partial charge is 0.467 e. The average Bonchev–Trinajstić information content (AvgIpc) is 3.82. The minimum atomic E-state index is -1.01. The van der Waals surface area contributed by atoms with E-state index in [1.54, 1.807) is 7.11 Å². The molecule has 1 saturated carbocycles. The molecule has 230 valence electrons. The van der Waals surface area contributed by atoms with Crippen LogP contribution in [-0.4, -0.2) is 97.5 Å². The maximum atomic E-state index is 12.7. The summed E-state index contributed by atoms with van der Waals surface area (Å²) in [5.41, 5.74) is 0.365. The Labute approximate surface area is 244 Å². The van der Waals surface area contributed by atoms with Crippen LogP contribution in [-0.2, 0) is 42.9 Å². The zero-order valence-electron chi connectivity index (χ0n) is 24.6. The number of epoxide rings is 2. The predicted molar refractivity (Wildman–Crippen MR) is 149 cm³/mol. The molecule has 0 aromatic heterocycles. The molecule has 2 N–H and O–H groups in total. The summed E-state index contributed by atoms with van der Waals surface area (Å²) in [5.74, 6) is -2.20. The number of ketones is 1. The molecule has 3 aliphatic rings. The Balaban J connectivity index is 1.50. The number of amides is 3. The first-order valence-electron chi connectivity index (χ1n) is 13.8. The van der Waals surface area contributed by atoms with E-state index in [-0.39, 0.29) is 47.8 Å². The van der Waals surface area contributed by atoms with Gasteiger partial charge in [0, 0.05) is 25.7 Å². The van der Waals surface area contributed by atoms with Crippen LogP contribution in [0.4, 0.5) is 4.79 Å². The highest BCUT2D eigenvalue weighted by molar-refractivity contribution is 8.00. The first kappa shape index (κ1) is 33.0. The first-order chi connectivity index (χ1) is 19.3. The summed E-state index contributed by atoms with van der Waals surface area (Å²) >= 11 is 1.03. The van der Waals surface area contributed by atoms with Crippen molar-refractivity contribution in [2.75, 3.05) is 32.3 Å². The number of hydrogen-bond acceptors (Lipinski definition) is 11. The van der Waals surface area contributed by atoms with E-state index in [0.29, 0.717) is 19.4 Å². The predicted octanol–water partition coefficient (Wildman–Crippen LogP) is 2.08. The molecule has 1 unspecified atom stereocenters. The van der Waals surface area contributed by atoms with Crippen LogP contribution >= 0.6 is 11.8 Å². The number of rotatable bonds is 14. The molecule has 0 aromatic carbocycles. The number of ether oxygens (including phenoxy) is 5. The standard InChI is InChI=1S/C28H42N2O10S/c1-16(2)7-9-20-27(4,40-20)24-23(36-5)19(11-12-28(24)15-38-28)39-26(35)30-22(33)14-41-13-18(25(34)37-6)29-21(32)10-8-17(3)31/h7,18-20,23-24H,8-15H2,1-6H3,(H,29,32)(H,30,33,35)/t18-,19+,20+,23+,24+,27?,28-/m0/s1. The Morgan fingerprint density at radius 2 is 1.80 bits per heavy atom. The molecule has 0 radical (unpaired) electrons. The van der Waals surface area contributed by atoms with Gasteiger partial charge >= 0.3 is 12.1 Å². The number of alkyl carbamates (subject to hydrolysis) is 1. The van der Waals surface area contributed by atoms with Gasteiger partial charge in [0.15, 0.2) is 0 Å². The molecule has 41 heavy (non-hydrogen) atoms. The van der Waals surface area contributed by atoms with Crippen molar-refractivity contribution in [3.8, 4) is 0 Å².